The van der Waals surface area contributed by atoms with Crippen molar-refractivity contribution < 1.29 is 19.0 Å². The average molecular weight is 615 g/mol. The number of rotatable bonds is 6. The first kappa shape index (κ1) is 27.3. The van der Waals surface area contributed by atoms with Gasteiger partial charge >= 0.3 is 6.09 Å². The molecule has 4 unspecified atom stereocenters. The van der Waals surface area contributed by atoms with Crippen molar-refractivity contribution in [2.45, 2.75) is 44.2 Å². The molecule has 8 rings (SSSR count). The highest BCUT2D eigenvalue weighted by molar-refractivity contribution is 7.09. The number of anilines is 1. The van der Waals surface area contributed by atoms with E-state index >= 15 is 0 Å². The first-order chi connectivity index (χ1) is 21.4. The third-order valence-electron chi connectivity index (χ3n) is 9.49. The topological polar surface area (TPSA) is 131 Å². The summed E-state index contributed by atoms with van der Waals surface area (Å²) >= 11 is 1.61. The number of carboxylic acid groups (broad SMARTS) is 1. The van der Waals surface area contributed by atoms with Gasteiger partial charge < -0.3 is 20.1 Å². The third-order valence-corrected chi connectivity index (χ3v) is 10.6. The molecule has 4 aromatic heterocycles. The number of nitrogens with zero attached hydrogens (tertiary/aromatic N) is 7. The van der Waals surface area contributed by atoms with E-state index in [4.69, 9.17) is 24.8 Å². The van der Waals surface area contributed by atoms with Crippen LogP contribution < -0.4 is 10.2 Å². The molecule has 1 aromatic carbocycles. The van der Waals surface area contributed by atoms with Crippen molar-refractivity contribution in [1.82, 2.24) is 35.0 Å². The number of halogens is 1. The van der Waals surface area contributed by atoms with Crippen LogP contribution in [0.5, 0.6) is 0 Å². The Labute approximate surface area is 256 Å². The molecule has 1 aliphatic carbocycles. The van der Waals surface area contributed by atoms with Crippen molar-refractivity contribution in [3.8, 4) is 11.3 Å². The van der Waals surface area contributed by atoms with Crippen LogP contribution in [0.3, 0.4) is 0 Å². The molecule has 226 valence electrons. The molecule has 5 aromatic rings. The number of nitrogens with one attached hydrogen (secondary N) is 1. The minimum Gasteiger partial charge on any atom is -0.465 e. The van der Waals surface area contributed by atoms with Gasteiger partial charge in [0, 0.05) is 59.9 Å². The molecule has 0 radical (unpaired) electrons. The quantitative estimate of drug-likeness (QED) is 0.261. The number of amides is 1. The van der Waals surface area contributed by atoms with Crippen LogP contribution >= 0.6 is 11.3 Å². The number of ether oxygens (including phenoxy) is 1. The smallest absolute Gasteiger partial charge is 0.404 e. The lowest BCUT2D eigenvalue weighted by atomic mass is 10.0. The number of hydrogen-bond donors (Lipinski definition) is 2. The predicted octanol–water partition coefficient (Wildman–Crippen LogP) is 5.31. The molecule has 6 heterocycles. The molecule has 2 aliphatic heterocycles. The minimum absolute atomic E-state index is 0.242. The summed E-state index contributed by atoms with van der Waals surface area (Å²) in [7, 11) is 0. The Morgan fingerprint density at radius 3 is 2.89 bits per heavy atom. The minimum atomic E-state index is -1.02. The van der Waals surface area contributed by atoms with Crippen molar-refractivity contribution >= 4 is 45.3 Å². The molecule has 3 fully saturated rings. The standard InChI is InChI=1S/C31H31FN8O3S/c1-17-15-44-29(36-17)31(16-35-30(41)42)20-9-11-39(14-21(20)31)23-13-34-27-26(19-7-8-22(32)25-18(19)5-4-10-33-25)38-40(28(27)37-23)24-6-2-3-12-43-24/h4-5,7-8,10,13,15,20-21,24,35H,2-3,6,9,11-12,14,16H2,1H3,(H,41,42). The van der Waals surface area contributed by atoms with E-state index in [2.05, 4.69) is 15.2 Å². The van der Waals surface area contributed by atoms with Gasteiger partial charge in [0.25, 0.3) is 0 Å². The monoisotopic (exact) mass is 614 g/mol. The molecule has 1 saturated carbocycles. The summed E-state index contributed by atoms with van der Waals surface area (Å²) in [6.45, 7) is 4.46. The third kappa shape index (κ3) is 4.32. The van der Waals surface area contributed by atoms with Gasteiger partial charge in [0.05, 0.1) is 6.20 Å². The summed E-state index contributed by atoms with van der Waals surface area (Å²) in [6.07, 6.45) is 5.81. The van der Waals surface area contributed by atoms with Gasteiger partial charge in [-0.3, -0.25) is 4.98 Å². The van der Waals surface area contributed by atoms with Crippen molar-refractivity contribution in [1.29, 1.82) is 0 Å². The normalized spacial score (nSPS) is 24.9. The van der Waals surface area contributed by atoms with Crippen LogP contribution in [0, 0.1) is 24.6 Å². The first-order valence-electron chi connectivity index (χ1n) is 15.0. The zero-order valence-corrected chi connectivity index (χ0v) is 24.9. The molecule has 0 spiro atoms. The van der Waals surface area contributed by atoms with E-state index in [9.17, 15) is 14.3 Å². The van der Waals surface area contributed by atoms with Gasteiger partial charge in [-0.1, -0.05) is 6.07 Å². The Bertz CT molecular complexity index is 1910. The molecule has 4 atom stereocenters. The number of fused-ring (bicyclic) bond motifs is 3. The van der Waals surface area contributed by atoms with Gasteiger partial charge in [0.15, 0.2) is 11.9 Å². The van der Waals surface area contributed by atoms with E-state index in [0.717, 1.165) is 60.9 Å². The zero-order valence-electron chi connectivity index (χ0n) is 24.1. The summed E-state index contributed by atoms with van der Waals surface area (Å²) in [5, 5.41) is 20.8. The number of carbonyl (C=O) groups is 1. The van der Waals surface area contributed by atoms with Gasteiger partial charge in [-0.15, -0.1) is 11.3 Å². The van der Waals surface area contributed by atoms with Crippen LogP contribution in [0.4, 0.5) is 15.0 Å². The summed E-state index contributed by atoms with van der Waals surface area (Å²) in [4.78, 5) is 32.8. The fraction of sp³-hybridized carbons (Fsp3) is 0.419. The van der Waals surface area contributed by atoms with Gasteiger partial charge in [-0.25, -0.2) is 28.8 Å². The van der Waals surface area contributed by atoms with Crippen LogP contribution in [0.25, 0.3) is 33.3 Å². The number of benzene rings is 1. The fourth-order valence-electron chi connectivity index (χ4n) is 7.33. The zero-order chi connectivity index (χ0) is 30.0. The summed E-state index contributed by atoms with van der Waals surface area (Å²) in [5.74, 6) is 0.947. The van der Waals surface area contributed by atoms with Crippen LogP contribution in [0.1, 0.15) is 42.6 Å². The van der Waals surface area contributed by atoms with E-state index in [-0.39, 0.29) is 28.9 Å². The van der Waals surface area contributed by atoms with Crippen molar-refractivity contribution in [3.63, 3.8) is 0 Å². The number of piperidine rings is 1. The van der Waals surface area contributed by atoms with E-state index in [1.165, 1.54) is 6.07 Å². The van der Waals surface area contributed by atoms with E-state index in [0.29, 0.717) is 41.3 Å². The first-order valence-corrected chi connectivity index (χ1v) is 15.9. The van der Waals surface area contributed by atoms with Crippen LogP contribution in [-0.2, 0) is 10.2 Å². The Morgan fingerprint density at radius 2 is 2.09 bits per heavy atom. The van der Waals surface area contributed by atoms with Crippen LogP contribution in [0.15, 0.2) is 42.0 Å². The summed E-state index contributed by atoms with van der Waals surface area (Å²) < 4.78 is 22.6. The van der Waals surface area contributed by atoms with Gasteiger partial charge in [0.1, 0.15) is 33.4 Å². The summed E-state index contributed by atoms with van der Waals surface area (Å²) in [6, 6.07) is 6.79. The fourth-order valence-corrected chi connectivity index (χ4v) is 8.45. The maximum absolute atomic E-state index is 14.7. The Kier molecular flexibility index (Phi) is 6.49. The number of aryl methyl sites for hydroxylation is 1. The molecular weight excluding hydrogens is 583 g/mol. The number of hydrogen-bond acceptors (Lipinski definition) is 9. The number of pyridine rings is 1. The molecule has 0 bridgehead atoms. The second-order valence-electron chi connectivity index (χ2n) is 12.0. The highest BCUT2D eigenvalue weighted by atomic mass is 32.1. The highest BCUT2D eigenvalue weighted by Gasteiger charge is 2.68. The lowest BCUT2D eigenvalue weighted by Crippen LogP contribution is -2.35. The summed E-state index contributed by atoms with van der Waals surface area (Å²) in [5.41, 5.74) is 3.53. The second kappa shape index (κ2) is 10.4. The van der Waals surface area contributed by atoms with Crippen molar-refractivity contribution in [2.24, 2.45) is 11.8 Å². The van der Waals surface area contributed by atoms with Gasteiger partial charge in [-0.05, 0) is 62.6 Å². The van der Waals surface area contributed by atoms with Crippen molar-refractivity contribution in [2.75, 3.05) is 31.1 Å². The molecule has 1 amide bonds. The second-order valence-corrected chi connectivity index (χ2v) is 12.8. The molecule has 2 N–H and O–H groups in total. The average Bonchev–Trinajstić information content (AvgIpc) is 3.27. The largest absolute Gasteiger partial charge is 0.465 e. The van der Waals surface area contributed by atoms with E-state index in [1.807, 2.05) is 23.1 Å². The molecule has 3 aliphatic rings. The maximum Gasteiger partial charge on any atom is 0.404 e. The Hall–Kier alpha value is -4.23. The van der Waals surface area contributed by atoms with Crippen molar-refractivity contribution in [3.05, 3.63) is 58.6 Å². The Balaban J connectivity index is 1.18. The molecule has 44 heavy (non-hydrogen) atoms. The SMILES string of the molecule is Cc1csc(C2(CNC(=O)O)C3CCN(c4cnc5c(-c6ccc(F)c7ncccc67)nn(C6CCCCO6)c5n4)CC32)n1. The van der Waals surface area contributed by atoms with Gasteiger partial charge in [-0.2, -0.15) is 5.10 Å². The highest BCUT2D eigenvalue weighted by Crippen LogP contribution is 2.63. The number of aromatic nitrogens is 6. The molecular formula is C31H31FN8O3S. The molecule has 11 nitrogen and oxygen atoms in total. The lowest BCUT2D eigenvalue weighted by Gasteiger charge is -2.27. The maximum atomic E-state index is 14.7. The Morgan fingerprint density at radius 1 is 1.18 bits per heavy atom. The van der Waals surface area contributed by atoms with Gasteiger partial charge in [0.2, 0.25) is 0 Å². The van der Waals surface area contributed by atoms with Crippen LogP contribution in [0.2, 0.25) is 0 Å². The van der Waals surface area contributed by atoms with E-state index < -0.39 is 6.09 Å². The molecule has 13 heteroatoms. The van der Waals surface area contributed by atoms with E-state index in [1.54, 1.807) is 35.9 Å². The predicted molar refractivity (Wildman–Crippen MR) is 163 cm³/mol. The molecule has 2 saturated heterocycles. The lowest BCUT2D eigenvalue weighted by molar-refractivity contribution is -0.0368. The van der Waals surface area contributed by atoms with Crippen LogP contribution in [-0.4, -0.2) is 67.2 Å². The number of thiazole rings is 1.